The van der Waals surface area contributed by atoms with Gasteiger partial charge in [-0.1, -0.05) is 12.1 Å². The van der Waals surface area contributed by atoms with Crippen molar-refractivity contribution in [3.63, 3.8) is 0 Å². The van der Waals surface area contributed by atoms with Gasteiger partial charge in [-0.25, -0.2) is 4.79 Å². The highest BCUT2D eigenvalue weighted by Gasteiger charge is 2.09. The van der Waals surface area contributed by atoms with Crippen molar-refractivity contribution in [2.75, 3.05) is 18.5 Å². The maximum absolute atomic E-state index is 11.7. The molecule has 2 rings (SSSR count). The highest BCUT2D eigenvalue weighted by molar-refractivity contribution is 5.94. The molecule has 0 aliphatic carbocycles. The van der Waals surface area contributed by atoms with Crippen LogP contribution in [0.15, 0.2) is 48.5 Å². The van der Waals surface area contributed by atoms with Crippen LogP contribution in [0.5, 0.6) is 5.75 Å². The van der Waals surface area contributed by atoms with Gasteiger partial charge in [0.05, 0.1) is 11.6 Å². The van der Waals surface area contributed by atoms with Crippen LogP contribution in [-0.4, -0.2) is 30.9 Å². The molecule has 0 fully saturated rings. The predicted molar refractivity (Wildman–Crippen MR) is 92.7 cm³/mol. The Morgan fingerprint density at radius 3 is 2.46 bits per heavy atom. The van der Waals surface area contributed by atoms with E-state index in [2.05, 4.69) is 5.32 Å². The van der Waals surface area contributed by atoms with Gasteiger partial charge in [0, 0.05) is 11.3 Å². The van der Waals surface area contributed by atoms with E-state index in [-0.39, 0.29) is 12.4 Å². The summed E-state index contributed by atoms with van der Waals surface area (Å²) in [7, 11) is 0. The van der Waals surface area contributed by atoms with Crippen molar-refractivity contribution in [3.05, 3.63) is 59.7 Å². The van der Waals surface area contributed by atoms with Gasteiger partial charge in [-0.05, 0) is 43.3 Å². The third kappa shape index (κ3) is 5.76. The summed E-state index contributed by atoms with van der Waals surface area (Å²) in [6.45, 7) is 0.584. The quantitative estimate of drug-likeness (QED) is 0.605. The van der Waals surface area contributed by atoms with Crippen LogP contribution >= 0.6 is 0 Å². The number of hydrogen-bond donors (Lipinski definition) is 1. The second-order valence-corrected chi connectivity index (χ2v) is 5.27. The van der Waals surface area contributed by atoms with Gasteiger partial charge in [-0.15, -0.1) is 0 Å². The van der Waals surface area contributed by atoms with Crippen LogP contribution in [0.25, 0.3) is 0 Å². The van der Waals surface area contributed by atoms with Gasteiger partial charge in [-0.2, -0.15) is 5.26 Å². The van der Waals surface area contributed by atoms with E-state index in [1.54, 1.807) is 42.5 Å². The lowest BCUT2D eigenvalue weighted by molar-refractivity contribution is -0.149. The lowest BCUT2D eigenvalue weighted by atomic mass is 10.1. The number of carbonyl (C=O) groups is 3. The van der Waals surface area contributed by atoms with E-state index in [1.807, 2.05) is 6.07 Å². The molecular formula is C19H16N2O5. The molecule has 0 aliphatic rings. The number of ketones is 1. The maximum atomic E-state index is 11.7. The summed E-state index contributed by atoms with van der Waals surface area (Å²) in [5.41, 5.74) is 1.43. The molecule has 0 atom stereocenters. The fourth-order valence-electron chi connectivity index (χ4n) is 1.96. The topological polar surface area (TPSA) is 105 Å². The smallest absolute Gasteiger partial charge is 0.344 e. The molecule has 0 spiro atoms. The van der Waals surface area contributed by atoms with Gasteiger partial charge in [0.15, 0.2) is 19.0 Å². The van der Waals surface area contributed by atoms with Crippen LogP contribution < -0.4 is 10.1 Å². The first-order chi connectivity index (χ1) is 12.5. The second-order valence-electron chi connectivity index (χ2n) is 5.27. The zero-order valence-corrected chi connectivity index (χ0v) is 14.0. The number of rotatable bonds is 7. The van der Waals surface area contributed by atoms with E-state index in [4.69, 9.17) is 14.7 Å². The van der Waals surface area contributed by atoms with E-state index in [1.165, 1.54) is 13.0 Å². The Bertz CT molecular complexity index is 853. The number of ether oxygens (including phenoxy) is 2. The van der Waals surface area contributed by atoms with Crippen molar-refractivity contribution in [2.24, 2.45) is 0 Å². The summed E-state index contributed by atoms with van der Waals surface area (Å²) in [6.07, 6.45) is 0. The highest BCUT2D eigenvalue weighted by atomic mass is 16.6. The van der Waals surface area contributed by atoms with E-state index < -0.39 is 18.5 Å². The van der Waals surface area contributed by atoms with Crippen LogP contribution in [0.2, 0.25) is 0 Å². The number of hydrogen-bond acceptors (Lipinski definition) is 6. The second kappa shape index (κ2) is 8.99. The normalized spacial score (nSPS) is 9.69. The average molecular weight is 352 g/mol. The van der Waals surface area contributed by atoms with Gasteiger partial charge in [0.25, 0.3) is 5.91 Å². The van der Waals surface area contributed by atoms with Gasteiger partial charge in [0.2, 0.25) is 0 Å². The van der Waals surface area contributed by atoms with E-state index in [9.17, 15) is 14.4 Å². The number of carbonyl (C=O) groups excluding carboxylic acids is 3. The van der Waals surface area contributed by atoms with Gasteiger partial charge < -0.3 is 14.8 Å². The monoisotopic (exact) mass is 352 g/mol. The summed E-state index contributed by atoms with van der Waals surface area (Å²) in [5.74, 6) is -0.982. The Hall–Kier alpha value is -3.66. The minimum atomic E-state index is -0.715. The number of Topliss-reactive ketones (excluding diaryl/α,β-unsaturated/α-hetero) is 1. The first-order valence-electron chi connectivity index (χ1n) is 7.67. The minimum absolute atomic E-state index is 0.113. The number of nitriles is 1. The van der Waals surface area contributed by atoms with E-state index >= 15 is 0 Å². The highest BCUT2D eigenvalue weighted by Crippen LogP contribution is 2.13. The zero-order chi connectivity index (χ0) is 18.9. The molecule has 1 amide bonds. The predicted octanol–water partition coefficient (Wildman–Crippen LogP) is 2.32. The molecule has 26 heavy (non-hydrogen) atoms. The molecule has 0 heterocycles. The molecule has 0 aliphatic heterocycles. The van der Waals surface area contributed by atoms with Crippen molar-refractivity contribution in [1.82, 2.24) is 0 Å². The van der Waals surface area contributed by atoms with Crippen molar-refractivity contribution in [1.29, 1.82) is 5.26 Å². The first-order valence-corrected chi connectivity index (χ1v) is 7.67. The number of benzene rings is 2. The zero-order valence-electron chi connectivity index (χ0n) is 14.0. The van der Waals surface area contributed by atoms with E-state index in [0.717, 1.165) is 0 Å². The SMILES string of the molecule is CC(=O)c1cccc(OCC(=O)OCC(=O)Nc2ccc(C#N)cc2)c1. The molecule has 2 aromatic rings. The van der Waals surface area contributed by atoms with Crippen LogP contribution in [0, 0.1) is 11.3 Å². The molecule has 0 bridgehead atoms. The Morgan fingerprint density at radius 1 is 1.08 bits per heavy atom. The van der Waals surface area contributed by atoms with Crippen molar-refractivity contribution in [3.8, 4) is 11.8 Å². The summed E-state index contributed by atoms with van der Waals surface area (Å²) >= 11 is 0. The summed E-state index contributed by atoms with van der Waals surface area (Å²) < 4.78 is 10.1. The van der Waals surface area contributed by atoms with Gasteiger partial charge in [-0.3, -0.25) is 9.59 Å². The molecule has 7 heteroatoms. The standard InChI is InChI=1S/C19H16N2O5/c1-13(22)15-3-2-4-17(9-15)25-12-19(24)26-11-18(23)21-16-7-5-14(10-20)6-8-16/h2-9H,11-12H2,1H3,(H,21,23). The Morgan fingerprint density at radius 2 is 1.81 bits per heavy atom. The minimum Gasteiger partial charge on any atom is -0.482 e. The third-order valence-corrected chi connectivity index (χ3v) is 3.26. The fraction of sp³-hybridized carbons (Fsp3) is 0.158. The Kier molecular flexibility index (Phi) is 6.46. The molecule has 0 aromatic heterocycles. The molecular weight excluding hydrogens is 336 g/mol. The number of amides is 1. The molecule has 0 unspecified atom stereocenters. The molecule has 2 aromatic carbocycles. The van der Waals surface area contributed by atoms with Crippen molar-refractivity contribution in [2.45, 2.75) is 6.92 Å². The van der Waals surface area contributed by atoms with Crippen molar-refractivity contribution < 1.29 is 23.9 Å². The van der Waals surface area contributed by atoms with Crippen LogP contribution in [-0.2, 0) is 14.3 Å². The third-order valence-electron chi connectivity index (χ3n) is 3.26. The summed E-state index contributed by atoms with van der Waals surface area (Å²) in [4.78, 5) is 34.7. The first kappa shape index (κ1) is 18.7. The largest absolute Gasteiger partial charge is 0.482 e. The fourth-order valence-corrected chi connectivity index (χ4v) is 1.96. The van der Waals surface area contributed by atoms with Crippen LogP contribution in [0.1, 0.15) is 22.8 Å². The maximum Gasteiger partial charge on any atom is 0.344 e. The van der Waals surface area contributed by atoms with Crippen molar-refractivity contribution >= 4 is 23.3 Å². The van der Waals surface area contributed by atoms with Crippen LogP contribution in [0.3, 0.4) is 0 Å². The Balaban J connectivity index is 1.75. The Labute approximate surface area is 150 Å². The van der Waals surface area contributed by atoms with Crippen LogP contribution in [0.4, 0.5) is 5.69 Å². The average Bonchev–Trinajstić information content (AvgIpc) is 2.65. The molecule has 0 radical (unpaired) electrons. The summed E-state index contributed by atoms with van der Waals surface area (Å²) in [5, 5.41) is 11.2. The van der Waals surface area contributed by atoms with Gasteiger partial charge >= 0.3 is 5.97 Å². The van der Waals surface area contributed by atoms with Gasteiger partial charge in [0.1, 0.15) is 5.75 Å². The number of nitrogens with zero attached hydrogens (tertiary/aromatic N) is 1. The molecule has 132 valence electrons. The number of nitrogens with one attached hydrogen (secondary N) is 1. The molecule has 7 nitrogen and oxygen atoms in total. The molecule has 0 saturated heterocycles. The van der Waals surface area contributed by atoms with E-state index in [0.29, 0.717) is 22.6 Å². The number of anilines is 1. The lowest BCUT2D eigenvalue weighted by Gasteiger charge is -2.08. The summed E-state index contributed by atoms with van der Waals surface area (Å²) in [6, 6.07) is 14.6. The molecule has 0 saturated carbocycles. The molecule has 1 N–H and O–H groups in total. The lowest BCUT2D eigenvalue weighted by Crippen LogP contribution is -2.23. The number of esters is 1.